The molecule has 2 fully saturated rings. The standard InChI is InChI=1S/C13H25N3O2/c1-14-6-2-11-3-7-16(8-4-11)13(17)15-12-5-9-18-10-12/h11-12,14H,2-10H2,1H3,(H,15,17). The summed E-state index contributed by atoms with van der Waals surface area (Å²) >= 11 is 0. The maximum Gasteiger partial charge on any atom is 0.317 e. The lowest BCUT2D eigenvalue weighted by Crippen LogP contribution is -2.48. The molecule has 0 aromatic heterocycles. The molecule has 2 aliphatic heterocycles. The predicted molar refractivity (Wildman–Crippen MR) is 70.6 cm³/mol. The Hall–Kier alpha value is -0.810. The van der Waals surface area contributed by atoms with Crippen molar-refractivity contribution in [2.45, 2.75) is 31.7 Å². The van der Waals surface area contributed by atoms with Crippen molar-refractivity contribution in [3.8, 4) is 0 Å². The molecule has 2 rings (SSSR count). The van der Waals surface area contributed by atoms with E-state index in [4.69, 9.17) is 4.74 Å². The summed E-state index contributed by atoms with van der Waals surface area (Å²) in [6, 6.07) is 0.317. The highest BCUT2D eigenvalue weighted by molar-refractivity contribution is 5.74. The van der Waals surface area contributed by atoms with Crippen molar-refractivity contribution in [1.29, 1.82) is 0 Å². The van der Waals surface area contributed by atoms with Gasteiger partial charge in [0.25, 0.3) is 0 Å². The number of rotatable bonds is 4. The van der Waals surface area contributed by atoms with Gasteiger partial charge in [0.15, 0.2) is 0 Å². The van der Waals surface area contributed by atoms with Crippen LogP contribution in [-0.2, 0) is 4.74 Å². The molecule has 104 valence electrons. The van der Waals surface area contributed by atoms with Gasteiger partial charge in [0.2, 0.25) is 0 Å². The lowest BCUT2D eigenvalue weighted by molar-refractivity contribution is 0.159. The highest BCUT2D eigenvalue weighted by Gasteiger charge is 2.25. The van der Waals surface area contributed by atoms with Gasteiger partial charge in [0.1, 0.15) is 0 Å². The van der Waals surface area contributed by atoms with Crippen molar-refractivity contribution in [2.24, 2.45) is 5.92 Å². The van der Waals surface area contributed by atoms with E-state index in [1.54, 1.807) is 0 Å². The van der Waals surface area contributed by atoms with Gasteiger partial charge < -0.3 is 20.3 Å². The fraction of sp³-hybridized carbons (Fsp3) is 0.923. The number of urea groups is 1. The van der Waals surface area contributed by atoms with Crippen molar-refractivity contribution in [3.63, 3.8) is 0 Å². The van der Waals surface area contributed by atoms with Crippen LogP contribution in [0.1, 0.15) is 25.7 Å². The Morgan fingerprint density at radius 2 is 2.11 bits per heavy atom. The highest BCUT2D eigenvalue weighted by Crippen LogP contribution is 2.20. The number of likely N-dealkylation sites (tertiary alicyclic amines) is 1. The van der Waals surface area contributed by atoms with E-state index < -0.39 is 0 Å². The first kappa shape index (κ1) is 13.6. The molecule has 0 aromatic carbocycles. The van der Waals surface area contributed by atoms with Crippen LogP contribution in [0, 0.1) is 5.92 Å². The zero-order valence-corrected chi connectivity index (χ0v) is 11.3. The number of ether oxygens (including phenoxy) is 1. The quantitative estimate of drug-likeness (QED) is 0.781. The molecule has 2 heterocycles. The van der Waals surface area contributed by atoms with Crippen LogP contribution < -0.4 is 10.6 Å². The zero-order chi connectivity index (χ0) is 12.8. The summed E-state index contributed by atoms with van der Waals surface area (Å²) in [6.07, 6.45) is 4.44. The second-order valence-corrected chi connectivity index (χ2v) is 5.33. The number of piperidine rings is 1. The molecule has 1 unspecified atom stereocenters. The molecule has 2 amide bonds. The van der Waals surface area contributed by atoms with Crippen molar-refractivity contribution in [1.82, 2.24) is 15.5 Å². The summed E-state index contributed by atoms with van der Waals surface area (Å²) in [7, 11) is 1.99. The number of hydrogen-bond acceptors (Lipinski definition) is 3. The molecule has 5 heteroatoms. The van der Waals surface area contributed by atoms with Crippen LogP contribution in [0.3, 0.4) is 0 Å². The number of carbonyl (C=O) groups excluding carboxylic acids is 1. The van der Waals surface area contributed by atoms with Crippen LogP contribution >= 0.6 is 0 Å². The summed E-state index contributed by atoms with van der Waals surface area (Å²) in [5, 5.41) is 6.25. The molecule has 0 aliphatic carbocycles. The van der Waals surface area contributed by atoms with Crippen molar-refractivity contribution in [3.05, 3.63) is 0 Å². The van der Waals surface area contributed by atoms with Crippen molar-refractivity contribution < 1.29 is 9.53 Å². The van der Waals surface area contributed by atoms with Gasteiger partial charge in [-0.15, -0.1) is 0 Å². The average Bonchev–Trinajstić information content (AvgIpc) is 2.89. The van der Waals surface area contributed by atoms with Crippen LogP contribution in [-0.4, -0.2) is 56.9 Å². The number of hydrogen-bond donors (Lipinski definition) is 2. The second kappa shape index (κ2) is 6.95. The smallest absolute Gasteiger partial charge is 0.317 e. The van der Waals surface area contributed by atoms with Crippen molar-refractivity contribution >= 4 is 6.03 Å². The summed E-state index contributed by atoms with van der Waals surface area (Å²) in [4.78, 5) is 14.0. The Morgan fingerprint density at radius 3 is 2.72 bits per heavy atom. The van der Waals surface area contributed by atoms with Crippen LogP contribution in [0.25, 0.3) is 0 Å². The molecular formula is C13H25N3O2. The molecule has 18 heavy (non-hydrogen) atoms. The highest BCUT2D eigenvalue weighted by atomic mass is 16.5. The SMILES string of the molecule is CNCCC1CCN(C(=O)NC2CCOC2)CC1. The number of nitrogens with zero attached hydrogens (tertiary/aromatic N) is 1. The molecule has 0 bridgehead atoms. The first-order chi connectivity index (χ1) is 8.79. The third kappa shape index (κ3) is 3.85. The molecule has 0 radical (unpaired) electrons. The van der Waals surface area contributed by atoms with Gasteiger partial charge in [-0.25, -0.2) is 4.79 Å². The van der Waals surface area contributed by atoms with Gasteiger partial charge in [0.05, 0.1) is 12.6 Å². The third-order valence-corrected chi connectivity index (χ3v) is 3.96. The van der Waals surface area contributed by atoms with Gasteiger partial charge in [-0.3, -0.25) is 0 Å². The lowest BCUT2D eigenvalue weighted by atomic mass is 9.94. The Bertz CT molecular complexity index is 259. The Kier molecular flexibility index (Phi) is 5.26. The van der Waals surface area contributed by atoms with E-state index >= 15 is 0 Å². The molecule has 0 aromatic rings. The van der Waals surface area contributed by atoms with Crippen LogP contribution in [0.5, 0.6) is 0 Å². The van der Waals surface area contributed by atoms with Gasteiger partial charge in [0, 0.05) is 19.7 Å². The minimum atomic E-state index is 0.0950. The van der Waals surface area contributed by atoms with Crippen LogP contribution in [0.15, 0.2) is 0 Å². The Labute approximate surface area is 109 Å². The zero-order valence-electron chi connectivity index (χ0n) is 11.3. The van der Waals surface area contributed by atoms with Crippen LogP contribution in [0.2, 0.25) is 0 Å². The second-order valence-electron chi connectivity index (χ2n) is 5.33. The summed E-state index contributed by atoms with van der Waals surface area (Å²) in [5.41, 5.74) is 0. The third-order valence-electron chi connectivity index (χ3n) is 3.96. The maximum absolute atomic E-state index is 12.0. The largest absolute Gasteiger partial charge is 0.379 e. The van der Waals surface area contributed by atoms with Gasteiger partial charge in [-0.05, 0) is 45.2 Å². The number of nitrogens with one attached hydrogen (secondary N) is 2. The number of amides is 2. The monoisotopic (exact) mass is 255 g/mol. The Morgan fingerprint density at radius 1 is 1.33 bits per heavy atom. The predicted octanol–water partition coefficient (Wildman–Crippen LogP) is 0.806. The van der Waals surface area contributed by atoms with E-state index in [1.807, 2.05) is 11.9 Å². The van der Waals surface area contributed by atoms with Gasteiger partial charge in [-0.2, -0.15) is 0 Å². The molecule has 2 saturated heterocycles. The topological polar surface area (TPSA) is 53.6 Å². The van der Waals surface area contributed by atoms with Gasteiger partial charge >= 0.3 is 6.03 Å². The van der Waals surface area contributed by atoms with E-state index in [1.165, 1.54) is 6.42 Å². The first-order valence-corrected chi connectivity index (χ1v) is 7.07. The van der Waals surface area contributed by atoms with E-state index in [-0.39, 0.29) is 12.1 Å². The van der Waals surface area contributed by atoms with E-state index in [0.29, 0.717) is 6.61 Å². The van der Waals surface area contributed by atoms with E-state index in [0.717, 1.165) is 51.4 Å². The minimum absolute atomic E-state index is 0.0950. The van der Waals surface area contributed by atoms with Crippen molar-refractivity contribution in [2.75, 3.05) is 39.9 Å². The molecule has 5 nitrogen and oxygen atoms in total. The summed E-state index contributed by atoms with van der Waals surface area (Å²) in [5.74, 6) is 0.774. The Balaban J connectivity index is 1.66. The average molecular weight is 255 g/mol. The normalized spacial score (nSPS) is 25.4. The van der Waals surface area contributed by atoms with Crippen LogP contribution in [0.4, 0.5) is 4.79 Å². The maximum atomic E-state index is 12.0. The lowest BCUT2D eigenvalue weighted by Gasteiger charge is -2.32. The first-order valence-electron chi connectivity index (χ1n) is 7.07. The summed E-state index contributed by atoms with van der Waals surface area (Å²) < 4.78 is 5.27. The molecule has 2 aliphatic rings. The summed E-state index contributed by atoms with van der Waals surface area (Å²) in [6.45, 7) is 4.32. The molecule has 2 N–H and O–H groups in total. The molecule has 0 saturated carbocycles. The fourth-order valence-corrected chi connectivity index (χ4v) is 2.69. The van der Waals surface area contributed by atoms with E-state index in [9.17, 15) is 4.79 Å². The molecule has 0 spiro atoms. The molecular weight excluding hydrogens is 230 g/mol. The number of carbonyl (C=O) groups is 1. The van der Waals surface area contributed by atoms with Gasteiger partial charge in [-0.1, -0.05) is 0 Å². The van der Waals surface area contributed by atoms with E-state index in [2.05, 4.69) is 10.6 Å². The molecule has 1 atom stereocenters. The fourth-order valence-electron chi connectivity index (χ4n) is 2.69. The minimum Gasteiger partial charge on any atom is -0.379 e.